The van der Waals surface area contributed by atoms with Gasteiger partial charge in [0, 0.05) is 0 Å². The number of furan rings is 1. The molecule has 0 aliphatic carbocycles. The molecule has 2 aromatic rings. The molecule has 2 aromatic heterocycles. The normalized spacial score (nSPS) is 11.2. The summed E-state index contributed by atoms with van der Waals surface area (Å²) in [6.07, 6.45) is 0.856. The van der Waals surface area contributed by atoms with E-state index in [2.05, 4.69) is 15.5 Å². The molecule has 0 aromatic carbocycles. The lowest BCUT2D eigenvalue weighted by Gasteiger charge is -1.99. The Morgan fingerprint density at radius 2 is 2.16 bits per heavy atom. The molecule has 0 aliphatic heterocycles. The summed E-state index contributed by atoms with van der Waals surface area (Å²) in [6, 6.07) is 3.49. The molecule has 0 amide bonds. The van der Waals surface area contributed by atoms with E-state index in [1.165, 1.54) is 11.3 Å². The van der Waals surface area contributed by atoms with Crippen molar-refractivity contribution in [3.63, 3.8) is 0 Å². The molecule has 2 rings (SSSR count). The smallest absolute Gasteiger partial charge is 0.284 e. The molecule has 0 bridgehead atoms. The highest BCUT2D eigenvalue weighted by Gasteiger charge is 2.08. The van der Waals surface area contributed by atoms with Crippen LogP contribution < -0.4 is 5.32 Å². The maximum Gasteiger partial charge on any atom is 0.284 e. The fraction of sp³-hybridized carbons (Fsp3) is 0.455. The summed E-state index contributed by atoms with van der Waals surface area (Å²) in [4.78, 5) is 0. The molecule has 8 heteroatoms. The maximum absolute atomic E-state index is 12.0. The van der Waals surface area contributed by atoms with Gasteiger partial charge in [0.2, 0.25) is 5.13 Å². The number of nitrogens with one attached hydrogen (secondary N) is 1. The lowest BCUT2D eigenvalue weighted by atomic mass is 10.4. The molecule has 0 radical (unpaired) electrons. The molecule has 0 atom stereocenters. The molecule has 0 fully saturated rings. The molecule has 1 N–H and O–H groups in total. The molecule has 0 unspecified atom stereocenters. The van der Waals surface area contributed by atoms with Gasteiger partial charge in [0.25, 0.3) is 5.76 Å². The molecule has 4 nitrogen and oxygen atoms in total. The van der Waals surface area contributed by atoms with Crippen molar-refractivity contribution in [2.75, 3.05) is 5.32 Å². The number of hydrogen-bond donors (Lipinski definition) is 1. The number of alkyl halides is 2. The van der Waals surface area contributed by atoms with E-state index in [1.54, 1.807) is 12.1 Å². The van der Waals surface area contributed by atoms with Gasteiger partial charge in [0.05, 0.1) is 12.3 Å². The number of aromatic nitrogens is 2. The Morgan fingerprint density at radius 3 is 2.84 bits per heavy atom. The Labute approximate surface area is 117 Å². The van der Waals surface area contributed by atoms with Crippen LogP contribution in [0.25, 0.3) is 0 Å². The van der Waals surface area contributed by atoms with E-state index in [-0.39, 0.29) is 5.75 Å². The van der Waals surface area contributed by atoms with E-state index in [4.69, 9.17) is 4.42 Å². The van der Waals surface area contributed by atoms with Crippen molar-refractivity contribution >= 4 is 28.2 Å². The Hall–Kier alpha value is -1.15. The van der Waals surface area contributed by atoms with Gasteiger partial charge in [0.1, 0.15) is 16.5 Å². The van der Waals surface area contributed by atoms with Gasteiger partial charge in [-0.25, -0.2) is 0 Å². The quantitative estimate of drug-likeness (QED) is 0.844. The number of halogens is 2. The summed E-state index contributed by atoms with van der Waals surface area (Å²) in [5.41, 5.74) is 0. The minimum Gasteiger partial charge on any atom is -0.463 e. The average molecular weight is 305 g/mol. The van der Waals surface area contributed by atoms with E-state index in [1.807, 2.05) is 6.92 Å². The summed E-state index contributed by atoms with van der Waals surface area (Å²) in [5, 5.41) is 12.8. The van der Waals surface area contributed by atoms with Gasteiger partial charge in [-0.15, -0.1) is 10.2 Å². The summed E-state index contributed by atoms with van der Waals surface area (Å²) in [6.45, 7) is 2.49. The van der Waals surface area contributed by atoms with E-state index < -0.39 is 5.76 Å². The maximum atomic E-state index is 12.0. The third-order valence-electron chi connectivity index (χ3n) is 2.25. The molecule has 0 aliphatic rings. The van der Waals surface area contributed by atoms with Gasteiger partial charge in [-0.05, 0) is 18.6 Å². The Bertz CT molecular complexity index is 516. The first-order chi connectivity index (χ1) is 9.17. The van der Waals surface area contributed by atoms with Crippen LogP contribution in [-0.4, -0.2) is 16.0 Å². The third kappa shape index (κ3) is 4.46. The Kier molecular flexibility index (Phi) is 5.15. The number of thioether (sulfide) groups is 1. The first-order valence-electron chi connectivity index (χ1n) is 5.71. The predicted octanol–water partition coefficient (Wildman–Crippen LogP) is 3.76. The zero-order chi connectivity index (χ0) is 13.7. The number of aryl methyl sites for hydroxylation is 1. The van der Waals surface area contributed by atoms with Gasteiger partial charge in [0.15, 0.2) is 0 Å². The predicted molar refractivity (Wildman–Crippen MR) is 72.6 cm³/mol. The topological polar surface area (TPSA) is 51.0 Å². The highest BCUT2D eigenvalue weighted by atomic mass is 32.2. The molecule has 104 valence electrons. The van der Waals surface area contributed by atoms with Crippen LogP contribution >= 0.6 is 23.1 Å². The van der Waals surface area contributed by atoms with Crippen molar-refractivity contribution in [3.8, 4) is 0 Å². The molecule has 0 spiro atoms. The van der Waals surface area contributed by atoms with Crippen molar-refractivity contribution in [3.05, 3.63) is 28.7 Å². The molecule has 19 heavy (non-hydrogen) atoms. The molecule has 2 heterocycles. The van der Waals surface area contributed by atoms with Crippen LogP contribution in [0, 0.1) is 0 Å². The largest absolute Gasteiger partial charge is 0.463 e. The van der Waals surface area contributed by atoms with Crippen LogP contribution in [0.15, 0.2) is 16.5 Å². The average Bonchev–Trinajstić information content (AvgIpc) is 3.03. The zero-order valence-electron chi connectivity index (χ0n) is 10.2. The standard InChI is InChI=1S/C11H13F2N3OS2/c1-2-9-15-16-11(19-9)14-5-7-3-4-8(17-7)6-18-10(12)13/h3-4,10H,2,5-6H2,1H3,(H,14,16). The van der Waals surface area contributed by atoms with Gasteiger partial charge >= 0.3 is 0 Å². The van der Waals surface area contributed by atoms with Crippen LogP contribution in [-0.2, 0) is 18.7 Å². The Morgan fingerprint density at radius 1 is 1.37 bits per heavy atom. The molecule has 0 saturated heterocycles. The summed E-state index contributed by atoms with van der Waals surface area (Å²) < 4.78 is 29.5. The van der Waals surface area contributed by atoms with Crippen molar-refractivity contribution in [1.29, 1.82) is 0 Å². The van der Waals surface area contributed by atoms with Crippen LogP contribution in [0.5, 0.6) is 0 Å². The van der Waals surface area contributed by atoms with Crippen LogP contribution in [0.3, 0.4) is 0 Å². The highest BCUT2D eigenvalue weighted by Crippen LogP contribution is 2.22. The summed E-state index contributed by atoms with van der Waals surface area (Å²) in [7, 11) is 0. The number of anilines is 1. The number of hydrogen-bond acceptors (Lipinski definition) is 6. The van der Waals surface area contributed by atoms with Crippen molar-refractivity contribution < 1.29 is 13.2 Å². The third-order valence-corrected chi connectivity index (χ3v) is 3.98. The van der Waals surface area contributed by atoms with Crippen molar-refractivity contribution in [1.82, 2.24) is 10.2 Å². The fourth-order valence-electron chi connectivity index (χ4n) is 1.37. The minimum atomic E-state index is -2.37. The summed E-state index contributed by atoms with van der Waals surface area (Å²) >= 11 is 2.05. The van der Waals surface area contributed by atoms with Gasteiger partial charge < -0.3 is 9.73 Å². The van der Waals surface area contributed by atoms with Gasteiger partial charge in [-0.3, -0.25) is 0 Å². The second-order valence-corrected chi connectivity index (χ2v) is 5.69. The van der Waals surface area contributed by atoms with Crippen LogP contribution in [0.4, 0.5) is 13.9 Å². The number of rotatable bonds is 7. The molecular weight excluding hydrogens is 292 g/mol. The van der Waals surface area contributed by atoms with Crippen molar-refractivity contribution in [2.24, 2.45) is 0 Å². The number of nitrogens with zero attached hydrogens (tertiary/aromatic N) is 2. The van der Waals surface area contributed by atoms with E-state index >= 15 is 0 Å². The summed E-state index contributed by atoms with van der Waals surface area (Å²) in [5.74, 6) is -0.955. The minimum absolute atomic E-state index is 0.177. The zero-order valence-corrected chi connectivity index (χ0v) is 11.9. The molecular formula is C11H13F2N3OS2. The van der Waals surface area contributed by atoms with Gasteiger partial charge in [-0.1, -0.05) is 30.0 Å². The first kappa shape index (κ1) is 14.3. The SMILES string of the molecule is CCc1nnc(NCc2ccc(CSC(F)F)o2)s1. The van der Waals surface area contributed by atoms with Crippen LogP contribution in [0.2, 0.25) is 0 Å². The lowest BCUT2D eigenvalue weighted by Crippen LogP contribution is -1.97. The first-order valence-corrected chi connectivity index (χ1v) is 7.57. The van der Waals surface area contributed by atoms with Crippen LogP contribution in [0.1, 0.15) is 23.5 Å². The Balaban J connectivity index is 1.82. The van der Waals surface area contributed by atoms with Gasteiger partial charge in [-0.2, -0.15) is 8.78 Å². The fourth-order valence-corrected chi connectivity index (χ4v) is 2.49. The van der Waals surface area contributed by atoms with E-state index in [9.17, 15) is 8.78 Å². The van der Waals surface area contributed by atoms with Crippen molar-refractivity contribution in [2.45, 2.75) is 31.4 Å². The second-order valence-electron chi connectivity index (χ2n) is 3.65. The van der Waals surface area contributed by atoms with E-state index in [0.29, 0.717) is 29.8 Å². The van der Waals surface area contributed by atoms with E-state index in [0.717, 1.165) is 16.6 Å². The second kappa shape index (κ2) is 6.85. The highest BCUT2D eigenvalue weighted by molar-refractivity contribution is 7.98. The molecule has 0 saturated carbocycles. The monoisotopic (exact) mass is 305 g/mol. The lowest BCUT2D eigenvalue weighted by molar-refractivity contribution is 0.251.